The summed E-state index contributed by atoms with van der Waals surface area (Å²) in [5.41, 5.74) is 4.13. The highest BCUT2D eigenvalue weighted by atomic mass is 19.1. The molecule has 2 aromatic carbocycles. The van der Waals surface area contributed by atoms with E-state index in [2.05, 4.69) is 59.2 Å². The summed E-state index contributed by atoms with van der Waals surface area (Å²) >= 11 is 0. The van der Waals surface area contributed by atoms with E-state index >= 15 is 0 Å². The van der Waals surface area contributed by atoms with Crippen LogP contribution < -0.4 is 0 Å². The molecule has 0 bridgehead atoms. The summed E-state index contributed by atoms with van der Waals surface area (Å²) in [6.45, 7) is 2.40. The first-order valence-electron chi connectivity index (χ1n) is 11.2. The fourth-order valence-electron chi connectivity index (χ4n) is 6.26. The molecule has 0 atom stereocenters. The summed E-state index contributed by atoms with van der Waals surface area (Å²) in [5, 5.41) is 1.09. The van der Waals surface area contributed by atoms with Crippen LogP contribution in [0.4, 0.5) is 4.39 Å². The number of halogens is 1. The number of fused-ring (bicyclic) bond motifs is 4. The van der Waals surface area contributed by atoms with Gasteiger partial charge < -0.3 is 9.88 Å². The van der Waals surface area contributed by atoms with Crippen LogP contribution in [-0.2, 0) is 22.3 Å². The molecule has 1 spiro atoms. The molecule has 1 N–H and O–H groups in total. The van der Waals surface area contributed by atoms with Gasteiger partial charge in [-0.15, -0.1) is 0 Å². The number of amides is 1. The Bertz CT molecular complexity index is 1130. The van der Waals surface area contributed by atoms with Crippen molar-refractivity contribution in [3.63, 3.8) is 0 Å². The highest BCUT2D eigenvalue weighted by Crippen LogP contribution is 2.53. The van der Waals surface area contributed by atoms with Crippen LogP contribution in [0.5, 0.6) is 0 Å². The topological polar surface area (TPSA) is 39.3 Å². The van der Waals surface area contributed by atoms with Crippen LogP contribution in [0.25, 0.3) is 10.9 Å². The van der Waals surface area contributed by atoms with Crippen molar-refractivity contribution >= 4 is 16.8 Å². The second-order valence-corrected chi connectivity index (χ2v) is 9.41. The van der Waals surface area contributed by atoms with Crippen molar-refractivity contribution < 1.29 is 9.18 Å². The maximum absolute atomic E-state index is 13.9. The summed E-state index contributed by atoms with van der Waals surface area (Å²) < 4.78 is 13.9. The Morgan fingerprint density at radius 2 is 1.77 bits per heavy atom. The van der Waals surface area contributed by atoms with E-state index in [-0.39, 0.29) is 22.8 Å². The van der Waals surface area contributed by atoms with Gasteiger partial charge in [0.2, 0.25) is 5.91 Å². The second-order valence-electron chi connectivity index (χ2n) is 9.41. The van der Waals surface area contributed by atoms with E-state index in [1.54, 1.807) is 13.0 Å². The number of aromatic nitrogens is 1. The van der Waals surface area contributed by atoms with Crippen LogP contribution >= 0.6 is 0 Å². The van der Waals surface area contributed by atoms with Crippen molar-refractivity contribution in [1.29, 1.82) is 0 Å². The number of nitrogens with one attached hydrogen (secondary N) is 1. The first-order chi connectivity index (χ1) is 14.9. The number of hydrogen-bond acceptors (Lipinski definition) is 2. The van der Waals surface area contributed by atoms with Gasteiger partial charge in [0.05, 0.1) is 5.54 Å². The standard InChI is InChI=1S/C26H30FN3O/c1-18(31)30-16-11-22-21-10-9-20(27)17-23(21)28-24(22)26(30)14-12-25(13-15-26,29(2)3)19-7-5-4-6-8-19/h4-10,17,28H,11-16H2,1-3H3. The normalized spacial score (nSPS) is 25.9. The maximum Gasteiger partial charge on any atom is 0.220 e. The largest absolute Gasteiger partial charge is 0.356 e. The number of benzene rings is 2. The molecule has 0 unspecified atom stereocenters. The zero-order chi connectivity index (χ0) is 21.8. The van der Waals surface area contributed by atoms with E-state index < -0.39 is 0 Å². The van der Waals surface area contributed by atoms with Crippen LogP contribution in [0, 0.1) is 5.82 Å². The Morgan fingerprint density at radius 3 is 2.42 bits per heavy atom. The summed E-state index contributed by atoms with van der Waals surface area (Å²) in [6, 6.07) is 15.7. The number of rotatable bonds is 2. The Hall–Kier alpha value is -2.66. The highest BCUT2D eigenvalue weighted by Gasteiger charge is 2.52. The zero-order valence-electron chi connectivity index (χ0n) is 18.5. The third kappa shape index (κ3) is 2.93. The molecular weight excluding hydrogens is 389 g/mol. The lowest BCUT2D eigenvalue weighted by atomic mass is 9.65. The first-order valence-corrected chi connectivity index (χ1v) is 11.2. The van der Waals surface area contributed by atoms with Gasteiger partial charge in [0.15, 0.2) is 0 Å². The first kappa shape index (κ1) is 20.3. The van der Waals surface area contributed by atoms with E-state index in [1.165, 1.54) is 17.2 Å². The average molecular weight is 420 g/mol. The van der Waals surface area contributed by atoms with E-state index in [0.29, 0.717) is 6.54 Å². The Labute approximate surface area is 183 Å². The minimum Gasteiger partial charge on any atom is -0.356 e. The minimum atomic E-state index is -0.358. The lowest BCUT2D eigenvalue weighted by Gasteiger charge is -2.55. The Balaban J connectivity index is 1.61. The van der Waals surface area contributed by atoms with Crippen molar-refractivity contribution in [2.24, 2.45) is 0 Å². The number of hydrogen-bond donors (Lipinski definition) is 1. The quantitative estimate of drug-likeness (QED) is 0.639. The molecule has 162 valence electrons. The predicted molar refractivity (Wildman–Crippen MR) is 121 cm³/mol. The Morgan fingerprint density at radius 1 is 1.06 bits per heavy atom. The van der Waals surface area contributed by atoms with Gasteiger partial charge in [-0.3, -0.25) is 9.69 Å². The number of carbonyl (C=O) groups is 1. The number of nitrogens with zero attached hydrogens (tertiary/aromatic N) is 2. The molecule has 5 heteroatoms. The fraction of sp³-hybridized carbons (Fsp3) is 0.423. The third-order valence-electron chi connectivity index (χ3n) is 7.89. The van der Waals surface area contributed by atoms with Crippen molar-refractivity contribution in [3.8, 4) is 0 Å². The van der Waals surface area contributed by atoms with E-state index in [1.807, 2.05) is 6.07 Å². The molecule has 1 amide bonds. The monoisotopic (exact) mass is 419 g/mol. The lowest BCUT2D eigenvalue weighted by molar-refractivity contribution is -0.140. The molecule has 5 rings (SSSR count). The molecule has 1 fully saturated rings. The van der Waals surface area contributed by atoms with Gasteiger partial charge in [-0.05, 0) is 75.5 Å². The second kappa shape index (κ2) is 7.20. The fourth-order valence-corrected chi connectivity index (χ4v) is 6.26. The number of H-pyrrole nitrogens is 1. The van der Waals surface area contributed by atoms with Gasteiger partial charge in [-0.25, -0.2) is 4.39 Å². The molecule has 2 heterocycles. The van der Waals surface area contributed by atoms with Crippen molar-refractivity contribution in [3.05, 3.63) is 71.2 Å². The molecule has 4 nitrogen and oxygen atoms in total. The Kier molecular flexibility index (Phi) is 4.70. The summed E-state index contributed by atoms with van der Waals surface area (Å²) in [6.07, 6.45) is 4.47. The molecule has 1 saturated carbocycles. The van der Waals surface area contributed by atoms with Crippen LogP contribution in [-0.4, -0.2) is 41.3 Å². The van der Waals surface area contributed by atoms with Gasteiger partial charge in [0, 0.05) is 35.6 Å². The molecule has 3 aromatic rings. The van der Waals surface area contributed by atoms with Gasteiger partial charge in [0.25, 0.3) is 0 Å². The van der Waals surface area contributed by atoms with Gasteiger partial charge in [0.1, 0.15) is 5.82 Å². The van der Waals surface area contributed by atoms with E-state index in [9.17, 15) is 9.18 Å². The van der Waals surface area contributed by atoms with Crippen LogP contribution in [0.1, 0.15) is 49.4 Å². The molecule has 1 aromatic heterocycles. The van der Waals surface area contributed by atoms with E-state index in [4.69, 9.17) is 0 Å². The molecule has 1 aliphatic heterocycles. The van der Waals surface area contributed by atoms with Gasteiger partial charge in [-0.2, -0.15) is 0 Å². The minimum absolute atomic E-state index is 0.0509. The van der Waals surface area contributed by atoms with E-state index in [0.717, 1.165) is 48.7 Å². The lowest BCUT2D eigenvalue weighted by Crippen LogP contribution is -2.58. The van der Waals surface area contributed by atoms with Gasteiger partial charge >= 0.3 is 0 Å². The smallest absolute Gasteiger partial charge is 0.220 e. The maximum atomic E-state index is 13.9. The number of aromatic amines is 1. The third-order valence-corrected chi connectivity index (χ3v) is 7.89. The zero-order valence-corrected chi connectivity index (χ0v) is 18.5. The molecule has 0 saturated heterocycles. The van der Waals surface area contributed by atoms with Crippen LogP contribution in [0.2, 0.25) is 0 Å². The number of carbonyl (C=O) groups excluding carboxylic acids is 1. The average Bonchev–Trinajstić information content (AvgIpc) is 3.13. The highest BCUT2D eigenvalue weighted by molar-refractivity contribution is 5.86. The predicted octanol–water partition coefficient (Wildman–Crippen LogP) is 4.94. The summed E-state index contributed by atoms with van der Waals surface area (Å²) in [5.74, 6) is -0.115. The molecule has 31 heavy (non-hydrogen) atoms. The SMILES string of the molecule is CC(=O)N1CCc2c([nH]c3cc(F)ccc23)C12CCC(c1ccccc1)(N(C)C)CC2. The molecule has 1 aliphatic carbocycles. The van der Waals surface area contributed by atoms with Gasteiger partial charge in [-0.1, -0.05) is 30.3 Å². The summed E-state index contributed by atoms with van der Waals surface area (Å²) in [7, 11) is 4.32. The van der Waals surface area contributed by atoms with Crippen molar-refractivity contribution in [2.75, 3.05) is 20.6 Å². The molecular formula is C26H30FN3O. The van der Waals surface area contributed by atoms with Crippen LogP contribution in [0.3, 0.4) is 0 Å². The summed E-state index contributed by atoms with van der Waals surface area (Å²) in [4.78, 5) is 20.7. The van der Waals surface area contributed by atoms with Crippen LogP contribution in [0.15, 0.2) is 48.5 Å². The molecule has 2 aliphatic rings. The van der Waals surface area contributed by atoms with Crippen molar-refractivity contribution in [1.82, 2.24) is 14.8 Å². The van der Waals surface area contributed by atoms with Crippen molar-refractivity contribution in [2.45, 2.75) is 50.1 Å². The molecule has 0 radical (unpaired) electrons.